The summed E-state index contributed by atoms with van der Waals surface area (Å²) in [5.74, 6) is 0.648. The average molecular weight is 376 g/mol. The zero-order valence-electron chi connectivity index (χ0n) is 13.9. The topological polar surface area (TPSA) is 81.6 Å². The molecule has 2 aliphatic rings. The highest BCUT2D eigenvalue weighted by Gasteiger charge is 2.46. The van der Waals surface area contributed by atoms with Gasteiger partial charge in [0.2, 0.25) is 5.28 Å². The van der Waals surface area contributed by atoms with E-state index in [0.717, 1.165) is 0 Å². The van der Waals surface area contributed by atoms with Crippen molar-refractivity contribution in [1.82, 2.24) is 9.97 Å². The number of halogens is 1. The number of sulfone groups is 1. The molecule has 24 heavy (non-hydrogen) atoms. The van der Waals surface area contributed by atoms with Gasteiger partial charge in [0.25, 0.3) is 0 Å². The number of aromatic nitrogens is 2. The third-order valence-corrected chi connectivity index (χ3v) is 7.03. The highest BCUT2D eigenvalue weighted by atomic mass is 35.5. The Balaban J connectivity index is 2.07. The van der Waals surface area contributed by atoms with Crippen LogP contribution in [0.2, 0.25) is 5.28 Å². The molecule has 7 nitrogen and oxygen atoms in total. The number of ether oxygens (including phenoxy) is 2. The van der Waals surface area contributed by atoms with Crippen LogP contribution < -0.4 is 4.90 Å². The molecule has 2 fully saturated rings. The monoisotopic (exact) mass is 375 g/mol. The lowest BCUT2D eigenvalue weighted by molar-refractivity contribution is 0.0731. The number of anilines is 1. The molecule has 3 heterocycles. The molecular weight excluding hydrogens is 354 g/mol. The first-order valence-electron chi connectivity index (χ1n) is 8.00. The molecule has 0 bridgehead atoms. The maximum Gasteiger partial charge on any atom is 0.224 e. The lowest BCUT2D eigenvalue weighted by Crippen LogP contribution is -2.45. The Bertz CT molecular complexity index is 707. The van der Waals surface area contributed by atoms with Crippen molar-refractivity contribution < 1.29 is 17.9 Å². The molecular formula is C15H22ClN3O4S. The minimum absolute atomic E-state index is 0.0655. The van der Waals surface area contributed by atoms with E-state index in [9.17, 15) is 8.42 Å². The van der Waals surface area contributed by atoms with Gasteiger partial charge >= 0.3 is 0 Å². The summed E-state index contributed by atoms with van der Waals surface area (Å²) in [6.45, 7) is 4.70. The van der Waals surface area contributed by atoms with Gasteiger partial charge in [-0.05, 0) is 31.4 Å². The van der Waals surface area contributed by atoms with Crippen molar-refractivity contribution >= 4 is 27.3 Å². The molecule has 0 saturated carbocycles. The quantitative estimate of drug-likeness (QED) is 0.738. The predicted molar refractivity (Wildman–Crippen MR) is 91.2 cm³/mol. The Morgan fingerprint density at radius 1 is 1.25 bits per heavy atom. The molecule has 134 valence electrons. The molecule has 0 radical (unpaired) electrons. The Kier molecular flexibility index (Phi) is 5.01. The van der Waals surface area contributed by atoms with Crippen LogP contribution in [0.1, 0.15) is 25.5 Å². The van der Waals surface area contributed by atoms with Crippen LogP contribution in [-0.4, -0.2) is 63.7 Å². The van der Waals surface area contributed by atoms with Gasteiger partial charge < -0.3 is 14.4 Å². The molecule has 2 aliphatic heterocycles. The molecule has 0 N–H and O–H groups in total. The molecule has 0 aliphatic carbocycles. The summed E-state index contributed by atoms with van der Waals surface area (Å²) < 4.78 is 34.9. The van der Waals surface area contributed by atoms with E-state index in [-0.39, 0.29) is 11.3 Å². The highest BCUT2D eigenvalue weighted by Crippen LogP contribution is 2.40. The molecule has 1 atom stereocenters. The standard InChI is InChI=1S/C15H22ClN3O4S/c1-11-10-23-8-5-19(11)13-9-12(17-14(16)18-13)15(24(2,20)21)3-6-22-7-4-15/h9,11H,3-8,10H2,1-2H3. The van der Waals surface area contributed by atoms with Crippen molar-refractivity contribution in [3.8, 4) is 0 Å². The SMILES string of the molecule is CC1COCCN1c1cc(C2(S(C)(=O)=O)CCOCC2)nc(Cl)n1. The van der Waals surface area contributed by atoms with Crippen LogP contribution in [0.25, 0.3) is 0 Å². The molecule has 3 rings (SSSR count). The number of hydrogen-bond acceptors (Lipinski definition) is 7. The van der Waals surface area contributed by atoms with E-state index in [1.165, 1.54) is 6.26 Å². The van der Waals surface area contributed by atoms with E-state index in [1.807, 2.05) is 6.92 Å². The number of hydrogen-bond donors (Lipinski definition) is 0. The van der Waals surface area contributed by atoms with Gasteiger partial charge in [0, 0.05) is 32.1 Å². The van der Waals surface area contributed by atoms with E-state index in [4.69, 9.17) is 21.1 Å². The molecule has 0 aromatic carbocycles. The van der Waals surface area contributed by atoms with Gasteiger partial charge in [-0.3, -0.25) is 0 Å². The van der Waals surface area contributed by atoms with Gasteiger partial charge in [-0.2, -0.15) is 0 Å². The molecule has 1 aromatic rings. The van der Waals surface area contributed by atoms with Crippen molar-refractivity contribution in [2.45, 2.75) is 30.6 Å². The Labute approximate surface area is 147 Å². The number of nitrogens with zero attached hydrogens (tertiary/aromatic N) is 3. The van der Waals surface area contributed by atoms with Crippen molar-refractivity contribution in [3.05, 3.63) is 17.0 Å². The van der Waals surface area contributed by atoms with Gasteiger partial charge in [-0.25, -0.2) is 18.4 Å². The summed E-state index contributed by atoms with van der Waals surface area (Å²) >= 11 is 6.14. The number of morpholine rings is 1. The first-order valence-corrected chi connectivity index (χ1v) is 10.3. The van der Waals surface area contributed by atoms with Crippen LogP contribution in [0.3, 0.4) is 0 Å². The zero-order valence-corrected chi connectivity index (χ0v) is 15.4. The second-order valence-corrected chi connectivity index (χ2v) is 9.04. The third kappa shape index (κ3) is 3.24. The summed E-state index contributed by atoms with van der Waals surface area (Å²) in [7, 11) is -3.39. The van der Waals surface area contributed by atoms with Gasteiger partial charge in [0.15, 0.2) is 9.84 Å². The van der Waals surface area contributed by atoms with Crippen LogP contribution in [-0.2, 0) is 24.1 Å². The van der Waals surface area contributed by atoms with E-state index < -0.39 is 14.6 Å². The largest absolute Gasteiger partial charge is 0.381 e. The molecule has 1 aromatic heterocycles. The van der Waals surface area contributed by atoms with E-state index in [0.29, 0.717) is 57.3 Å². The lowest BCUT2D eigenvalue weighted by Gasteiger charge is -2.37. The van der Waals surface area contributed by atoms with Crippen LogP contribution >= 0.6 is 11.6 Å². The zero-order chi connectivity index (χ0) is 17.4. The normalized spacial score (nSPS) is 24.8. The Morgan fingerprint density at radius 2 is 1.96 bits per heavy atom. The average Bonchev–Trinajstić information content (AvgIpc) is 2.54. The number of rotatable bonds is 3. The van der Waals surface area contributed by atoms with Gasteiger partial charge in [0.05, 0.1) is 24.9 Å². The Hall–Kier alpha value is -0.960. The van der Waals surface area contributed by atoms with Crippen molar-refractivity contribution in [2.75, 3.05) is 44.1 Å². The smallest absolute Gasteiger partial charge is 0.224 e. The second kappa shape index (κ2) is 6.74. The fourth-order valence-electron chi connectivity index (χ4n) is 3.37. The third-order valence-electron chi connectivity index (χ3n) is 4.82. The Morgan fingerprint density at radius 3 is 2.58 bits per heavy atom. The van der Waals surface area contributed by atoms with E-state index in [2.05, 4.69) is 14.9 Å². The minimum Gasteiger partial charge on any atom is -0.381 e. The van der Waals surface area contributed by atoms with Crippen LogP contribution in [0, 0.1) is 0 Å². The van der Waals surface area contributed by atoms with Crippen molar-refractivity contribution in [1.29, 1.82) is 0 Å². The van der Waals surface area contributed by atoms with Gasteiger partial charge in [-0.1, -0.05) is 0 Å². The highest BCUT2D eigenvalue weighted by molar-refractivity contribution is 7.91. The predicted octanol–water partition coefficient (Wildman–Crippen LogP) is 1.41. The second-order valence-electron chi connectivity index (χ2n) is 6.38. The van der Waals surface area contributed by atoms with Gasteiger partial charge in [0.1, 0.15) is 10.6 Å². The fourth-order valence-corrected chi connectivity index (χ4v) is 4.94. The summed E-state index contributed by atoms with van der Waals surface area (Å²) in [4.78, 5) is 10.7. The van der Waals surface area contributed by atoms with Crippen molar-refractivity contribution in [3.63, 3.8) is 0 Å². The summed E-state index contributed by atoms with van der Waals surface area (Å²) in [6.07, 6.45) is 2.00. The summed E-state index contributed by atoms with van der Waals surface area (Å²) in [5.41, 5.74) is 0.460. The molecule has 0 spiro atoms. The fraction of sp³-hybridized carbons (Fsp3) is 0.733. The first kappa shape index (κ1) is 17.8. The minimum atomic E-state index is -3.39. The molecule has 9 heteroatoms. The molecule has 2 saturated heterocycles. The maximum absolute atomic E-state index is 12.6. The van der Waals surface area contributed by atoms with Crippen LogP contribution in [0.4, 0.5) is 5.82 Å². The first-order chi connectivity index (χ1) is 11.3. The maximum atomic E-state index is 12.6. The van der Waals surface area contributed by atoms with E-state index >= 15 is 0 Å². The van der Waals surface area contributed by atoms with Crippen LogP contribution in [0.5, 0.6) is 0 Å². The van der Waals surface area contributed by atoms with Gasteiger partial charge in [-0.15, -0.1) is 0 Å². The summed E-state index contributed by atoms with van der Waals surface area (Å²) in [6, 6.07) is 1.90. The molecule has 0 amide bonds. The lowest BCUT2D eigenvalue weighted by atomic mass is 9.94. The summed E-state index contributed by atoms with van der Waals surface area (Å²) in [5, 5.41) is 0.0655. The van der Waals surface area contributed by atoms with E-state index in [1.54, 1.807) is 6.07 Å². The molecule has 1 unspecified atom stereocenters. The van der Waals surface area contributed by atoms with Crippen LogP contribution in [0.15, 0.2) is 6.07 Å². The van der Waals surface area contributed by atoms with Crippen molar-refractivity contribution in [2.24, 2.45) is 0 Å².